The summed E-state index contributed by atoms with van der Waals surface area (Å²) in [6.45, 7) is 2.00. The highest BCUT2D eigenvalue weighted by Crippen LogP contribution is 2.27. The maximum Gasteiger partial charge on any atom is 0.408 e. The molecule has 0 bridgehead atoms. The molecule has 0 spiro atoms. The van der Waals surface area contributed by atoms with Crippen LogP contribution in [0.25, 0.3) is 0 Å². The Bertz CT molecular complexity index is 1230. The number of nitrogens with one attached hydrogen (secondary N) is 2. The van der Waals surface area contributed by atoms with Crippen LogP contribution in [0.15, 0.2) is 71.8 Å². The van der Waals surface area contributed by atoms with E-state index in [0.717, 1.165) is 0 Å². The fourth-order valence-corrected chi connectivity index (χ4v) is 3.31. The van der Waals surface area contributed by atoms with Crippen molar-refractivity contribution in [2.75, 3.05) is 13.7 Å². The van der Waals surface area contributed by atoms with Crippen LogP contribution in [0.3, 0.4) is 0 Å². The first-order valence-electron chi connectivity index (χ1n) is 11.5. The summed E-state index contributed by atoms with van der Waals surface area (Å²) in [7, 11) is 1.54. The third-order valence-corrected chi connectivity index (χ3v) is 5.18. The number of nitrogens with zero attached hydrogens (tertiary/aromatic N) is 1. The van der Waals surface area contributed by atoms with E-state index in [4.69, 9.17) is 14.2 Å². The molecule has 0 heterocycles. The van der Waals surface area contributed by atoms with Crippen LogP contribution in [-0.4, -0.2) is 43.1 Å². The van der Waals surface area contributed by atoms with Gasteiger partial charge in [-0.05, 0) is 54.4 Å². The molecule has 194 valence electrons. The lowest BCUT2D eigenvalue weighted by atomic mass is 10.1. The molecule has 2 amide bonds. The Morgan fingerprint density at radius 3 is 2.54 bits per heavy atom. The summed E-state index contributed by atoms with van der Waals surface area (Å²) < 4.78 is 29.7. The highest BCUT2D eigenvalue weighted by atomic mass is 19.1. The number of rotatable bonds is 11. The van der Waals surface area contributed by atoms with Crippen molar-refractivity contribution in [3.8, 4) is 17.2 Å². The van der Waals surface area contributed by atoms with Crippen molar-refractivity contribution in [2.45, 2.75) is 26.0 Å². The van der Waals surface area contributed by atoms with Crippen molar-refractivity contribution in [1.29, 1.82) is 0 Å². The molecule has 0 aromatic heterocycles. The molecular weight excluding hydrogens is 481 g/mol. The third-order valence-electron chi connectivity index (χ3n) is 5.18. The van der Waals surface area contributed by atoms with Gasteiger partial charge in [0.15, 0.2) is 11.5 Å². The second kappa shape index (κ2) is 13.5. The molecule has 3 N–H and O–H groups in total. The highest BCUT2D eigenvalue weighted by Gasteiger charge is 2.22. The summed E-state index contributed by atoms with van der Waals surface area (Å²) in [6.07, 6.45) is 0.615. The lowest BCUT2D eigenvalue weighted by Gasteiger charge is -2.17. The number of phenolic OH excluding ortho intramolecular Hbond substituents is 1. The molecule has 0 aliphatic heterocycles. The minimum atomic E-state index is -1.07. The van der Waals surface area contributed by atoms with Gasteiger partial charge in [-0.25, -0.2) is 14.6 Å². The van der Waals surface area contributed by atoms with Gasteiger partial charge in [0, 0.05) is 12.0 Å². The van der Waals surface area contributed by atoms with Crippen LogP contribution >= 0.6 is 0 Å². The lowest BCUT2D eigenvalue weighted by molar-refractivity contribution is -0.123. The monoisotopic (exact) mass is 509 g/mol. The van der Waals surface area contributed by atoms with Gasteiger partial charge in [-0.15, -0.1) is 0 Å². The molecule has 37 heavy (non-hydrogen) atoms. The Kier molecular flexibility index (Phi) is 9.83. The molecule has 3 aromatic rings. The zero-order valence-electron chi connectivity index (χ0n) is 20.4. The molecule has 3 rings (SSSR count). The van der Waals surface area contributed by atoms with E-state index in [-0.39, 0.29) is 24.3 Å². The van der Waals surface area contributed by atoms with Crippen LogP contribution < -0.4 is 20.2 Å². The molecular formula is C27H28FN3O6. The summed E-state index contributed by atoms with van der Waals surface area (Å²) in [6, 6.07) is 16.2. The second-order valence-electron chi connectivity index (χ2n) is 7.81. The molecule has 0 saturated carbocycles. The topological polar surface area (TPSA) is 118 Å². The van der Waals surface area contributed by atoms with E-state index in [1.165, 1.54) is 43.7 Å². The maximum atomic E-state index is 13.8. The zero-order chi connectivity index (χ0) is 26.6. The molecule has 9 nitrogen and oxygen atoms in total. The Labute approximate surface area is 213 Å². The Balaban J connectivity index is 1.67. The van der Waals surface area contributed by atoms with Gasteiger partial charge in [-0.1, -0.05) is 30.3 Å². The van der Waals surface area contributed by atoms with Crippen LogP contribution in [0.1, 0.15) is 23.6 Å². The second-order valence-corrected chi connectivity index (χ2v) is 7.81. The van der Waals surface area contributed by atoms with Crippen LogP contribution in [0.2, 0.25) is 0 Å². The minimum absolute atomic E-state index is 0.0671. The fourth-order valence-electron chi connectivity index (χ4n) is 3.31. The number of alkyl carbamates (subject to hydrolysis) is 1. The van der Waals surface area contributed by atoms with Crippen molar-refractivity contribution in [2.24, 2.45) is 5.10 Å². The van der Waals surface area contributed by atoms with Gasteiger partial charge in [0.1, 0.15) is 24.2 Å². The first-order chi connectivity index (χ1) is 17.9. The predicted octanol–water partition coefficient (Wildman–Crippen LogP) is 3.93. The van der Waals surface area contributed by atoms with Crippen LogP contribution in [0, 0.1) is 5.82 Å². The number of hydrazone groups is 1. The molecule has 0 aliphatic carbocycles. The van der Waals surface area contributed by atoms with Crippen molar-refractivity contribution < 1.29 is 33.3 Å². The molecule has 0 saturated heterocycles. The number of phenols is 1. The fraction of sp³-hybridized carbons (Fsp3) is 0.222. The predicted molar refractivity (Wildman–Crippen MR) is 135 cm³/mol. The average molecular weight is 510 g/mol. The average Bonchev–Trinajstić information content (AvgIpc) is 2.89. The lowest BCUT2D eigenvalue weighted by Crippen LogP contribution is -2.47. The van der Waals surface area contributed by atoms with E-state index in [9.17, 15) is 19.1 Å². The number of ether oxygens (including phenoxy) is 3. The molecule has 1 unspecified atom stereocenters. The quantitative estimate of drug-likeness (QED) is 0.266. The van der Waals surface area contributed by atoms with Crippen molar-refractivity contribution in [1.82, 2.24) is 10.7 Å². The van der Waals surface area contributed by atoms with E-state index in [1.54, 1.807) is 36.4 Å². The highest BCUT2D eigenvalue weighted by molar-refractivity contribution is 5.87. The smallest absolute Gasteiger partial charge is 0.408 e. The number of hydrogen-bond donors (Lipinski definition) is 3. The molecule has 10 heteroatoms. The number of carbonyl (C=O) groups excluding carboxylic acids is 2. The van der Waals surface area contributed by atoms with Gasteiger partial charge in [0.2, 0.25) is 0 Å². The van der Waals surface area contributed by atoms with Crippen LogP contribution in [0.4, 0.5) is 9.18 Å². The number of halogens is 1. The van der Waals surface area contributed by atoms with E-state index in [2.05, 4.69) is 15.8 Å². The van der Waals surface area contributed by atoms with Gasteiger partial charge in [0.25, 0.3) is 5.91 Å². The zero-order valence-corrected chi connectivity index (χ0v) is 20.4. The van der Waals surface area contributed by atoms with Gasteiger partial charge in [-0.3, -0.25) is 4.79 Å². The van der Waals surface area contributed by atoms with E-state index < -0.39 is 23.9 Å². The van der Waals surface area contributed by atoms with Gasteiger partial charge in [0.05, 0.1) is 19.9 Å². The van der Waals surface area contributed by atoms with Gasteiger partial charge >= 0.3 is 6.09 Å². The Hall–Kier alpha value is -4.60. The molecule has 1 atom stereocenters. The SMILES string of the molecule is CCOc1cc(/C=N/NC(=O)C(Cc2ccc(O)cc2)NC(=O)OCc2ccccc2F)ccc1OC. The van der Waals surface area contributed by atoms with Crippen molar-refractivity contribution >= 4 is 18.2 Å². The summed E-state index contributed by atoms with van der Waals surface area (Å²) in [5.74, 6) is 0.0529. The number of hydrogen-bond acceptors (Lipinski definition) is 7. The first kappa shape index (κ1) is 27.0. The van der Waals surface area contributed by atoms with Crippen LogP contribution in [-0.2, 0) is 22.6 Å². The summed E-state index contributed by atoms with van der Waals surface area (Å²) in [5.41, 5.74) is 3.94. The van der Waals surface area contributed by atoms with Gasteiger partial charge < -0.3 is 24.6 Å². The van der Waals surface area contributed by atoms with Gasteiger partial charge in [-0.2, -0.15) is 5.10 Å². The number of benzene rings is 3. The normalized spacial score (nSPS) is 11.5. The molecule has 0 fully saturated rings. The third kappa shape index (κ3) is 8.24. The Morgan fingerprint density at radius 1 is 1.08 bits per heavy atom. The summed E-state index contributed by atoms with van der Waals surface area (Å²) in [4.78, 5) is 25.3. The van der Waals surface area contributed by atoms with E-state index >= 15 is 0 Å². The summed E-state index contributed by atoms with van der Waals surface area (Å²) in [5, 5.41) is 16.0. The Morgan fingerprint density at radius 2 is 1.84 bits per heavy atom. The molecule has 0 radical (unpaired) electrons. The molecule has 0 aliphatic rings. The maximum absolute atomic E-state index is 13.8. The van der Waals surface area contributed by atoms with Crippen molar-refractivity contribution in [3.05, 3.63) is 89.2 Å². The number of methoxy groups -OCH3 is 1. The van der Waals surface area contributed by atoms with E-state index in [1.807, 2.05) is 6.92 Å². The first-order valence-corrected chi connectivity index (χ1v) is 11.5. The number of aromatic hydroxyl groups is 1. The minimum Gasteiger partial charge on any atom is -0.508 e. The standard InChI is InChI=1S/C27H28FN3O6/c1-3-36-25-15-19(10-13-24(25)35-2)16-29-31-26(33)23(14-18-8-11-21(32)12-9-18)30-27(34)37-17-20-6-4-5-7-22(20)28/h4-13,15-16,23,32H,3,14,17H2,1-2H3,(H,30,34)(H,31,33)/b29-16+. The number of amides is 2. The molecule has 3 aromatic carbocycles. The van der Waals surface area contributed by atoms with Crippen LogP contribution in [0.5, 0.6) is 17.2 Å². The number of carbonyl (C=O) groups is 2. The largest absolute Gasteiger partial charge is 0.508 e. The van der Waals surface area contributed by atoms with Crippen molar-refractivity contribution in [3.63, 3.8) is 0 Å². The summed E-state index contributed by atoms with van der Waals surface area (Å²) >= 11 is 0. The van der Waals surface area contributed by atoms with E-state index in [0.29, 0.717) is 29.2 Å².